The zero-order valence-electron chi connectivity index (χ0n) is 11.3. The van der Waals surface area contributed by atoms with Crippen LogP contribution in [-0.4, -0.2) is 24.9 Å². The Morgan fingerprint density at radius 2 is 2.11 bits per heavy atom. The van der Waals surface area contributed by atoms with Crippen LogP contribution in [0.5, 0.6) is 0 Å². The molecule has 0 saturated carbocycles. The Hall–Kier alpha value is -1.84. The minimum absolute atomic E-state index is 0.0365. The van der Waals surface area contributed by atoms with Crippen molar-refractivity contribution >= 4 is 17.5 Å². The van der Waals surface area contributed by atoms with Crippen LogP contribution < -0.4 is 10.2 Å². The Labute approximate surface area is 112 Å². The van der Waals surface area contributed by atoms with Gasteiger partial charge in [0.25, 0.3) is 5.91 Å². The second kappa shape index (κ2) is 4.37. The third-order valence-electron chi connectivity index (χ3n) is 3.72. The van der Waals surface area contributed by atoms with Crippen LogP contribution in [0.2, 0.25) is 0 Å². The van der Waals surface area contributed by atoms with Crippen molar-refractivity contribution in [3.63, 3.8) is 0 Å². The Morgan fingerprint density at radius 3 is 2.84 bits per heavy atom. The van der Waals surface area contributed by atoms with Crippen molar-refractivity contribution < 1.29 is 9.59 Å². The Kier molecular flexibility index (Phi) is 2.81. The summed E-state index contributed by atoms with van der Waals surface area (Å²) in [6, 6.07) is 3.81. The van der Waals surface area contributed by atoms with E-state index in [1.807, 2.05) is 17.0 Å². The van der Waals surface area contributed by atoms with Crippen molar-refractivity contribution in [3.8, 4) is 0 Å². The fourth-order valence-electron chi connectivity index (χ4n) is 2.81. The highest BCUT2D eigenvalue weighted by Crippen LogP contribution is 2.38. The number of anilines is 1. The summed E-state index contributed by atoms with van der Waals surface area (Å²) in [5, 5.41) is 2.93. The molecule has 0 bridgehead atoms. The number of hydrogen-bond acceptors (Lipinski definition) is 2. The van der Waals surface area contributed by atoms with Gasteiger partial charge in [-0.05, 0) is 35.6 Å². The highest BCUT2D eigenvalue weighted by molar-refractivity contribution is 6.05. The third kappa shape index (κ3) is 2.01. The number of amides is 2. The van der Waals surface area contributed by atoms with Gasteiger partial charge in [0.15, 0.2) is 0 Å². The molecule has 2 aliphatic heterocycles. The Bertz CT molecular complexity index is 564. The fraction of sp³-hybridized carbons (Fsp3) is 0.467. The number of carbonyl (C=O) groups is 2. The SMILES string of the molecule is CC(C)CNC(=O)c1cc2c3c(c1)CC(=O)N3CC2. The summed E-state index contributed by atoms with van der Waals surface area (Å²) in [6.45, 7) is 5.58. The average Bonchev–Trinajstić information content (AvgIpc) is 2.92. The number of nitrogens with one attached hydrogen (secondary N) is 1. The summed E-state index contributed by atoms with van der Waals surface area (Å²) in [5.74, 6) is 0.560. The molecule has 3 rings (SSSR count). The maximum atomic E-state index is 12.1. The average molecular weight is 258 g/mol. The van der Waals surface area contributed by atoms with Crippen LogP contribution in [-0.2, 0) is 17.6 Å². The number of hydrogen-bond donors (Lipinski definition) is 1. The van der Waals surface area contributed by atoms with Crippen LogP contribution in [0.25, 0.3) is 0 Å². The minimum atomic E-state index is -0.0365. The standard InChI is InChI=1S/C15H18N2O2/c1-9(2)8-16-15(19)12-5-10-3-4-17-13(18)7-11(6-12)14(10)17/h5-6,9H,3-4,7-8H2,1-2H3,(H,16,19). The second-order valence-corrected chi connectivity index (χ2v) is 5.72. The maximum Gasteiger partial charge on any atom is 0.251 e. The van der Waals surface area contributed by atoms with E-state index in [2.05, 4.69) is 19.2 Å². The summed E-state index contributed by atoms with van der Waals surface area (Å²) < 4.78 is 0. The molecule has 0 radical (unpaired) electrons. The van der Waals surface area contributed by atoms with Crippen molar-refractivity contribution in [3.05, 3.63) is 28.8 Å². The Balaban J connectivity index is 1.88. The van der Waals surface area contributed by atoms with Crippen LogP contribution in [0.4, 0.5) is 5.69 Å². The molecule has 19 heavy (non-hydrogen) atoms. The van der Waals surface area contributed by atoms with Gasteiger partial charge in [-0.3, -0.25) is 9.59 Å². The first kappa shape index (κ1) is 12.2. The van der Waals surface area contributed by atoms with Gasteiger partial charge in [0, 0.05) is 18.7 Å². The zero-order valence-corrected chi connectivity index (χ0v) is 11.3. The normalized spacial score (nSPS) is 16.2. The number of benzene rings is 1. The van der Waals surface area contributed by atoms with E-state index in [1.54, 1.807) is 0 Å². The molecule has 2 amide bonds. The smallest absolute Gasteiger partial charge is 0.251 e. The largest absolute Gasteiger partial charge is 0.352 e. The Morgan fingerprint density at radius 1 is 1.37 bits per heavy atom. The molecule has 1 aromatic carbocycles. The number of nitrogens with zero attached hydrogens (tertiary/aromatic N) is 1. The molecule has 100 valence electrons. The van der Waals surface area contributed by atoms with Crippen molar-refractivity contribution in [2.24, 2.45) is 5.92 Å². The summed E-state index contributed by atoms with van der Waals surface area (Å²) in [7, 11) is 0. The molecular formula is C15H18N2O2. The lowest BCUT2D eigenvalue weighted by molar-refractivity contribution is -0.117. The molecule has 2 aliphatic rings. The predicted octanol–water partition coefficient (Wildman–Crippen LogP) is 1.52. The van der Waals surface area contributed by atoms with Crippen molar-refractivity contribution in [1.29, 1.82) is 0 Å². The van der Waals surface area contributed by atoms with Crippen LogP contribution in [0.1, 0.15) is 35.3 Å². The van der Waals surface area contributed by atoms with Gasteiger partial charge in [-0.25, -0.2) is 0 Å². The molecule has 0 fully saturated rings. The monoisotopic (exact) mass is 258 g/mol. The molecule has 0 unspecified atom stereocenters. The third-order valence-corrected chi connectivity index (χ3v) is 3.72. The van der Waals surface area contributed by atoms with Gasteiger partial charge in [0.1, 0.15) is 0 Å². The van der Waals surface area contributed by atoms with E-state index in [0.29, 0.717) is 24.4 Å². The first-order valence-corrected chi connectivity index (χ1v) is 6.80. The van der Waals surface area contributed by atoms with E-state index in [1.165, 1.54) is 0 Å². The maximum absolute atomic E-state index is 12.1. The highest BCUT2D eigenvalue weighted by Gasteiger charge is 2.34. The van der Waals surface area contributed by atoms with Crippen LogP contribution in [0.15, 0.2) is 12.1 Å². The van der Waals surface area contributed by atoms with Gasteiger partial charge in [0.05, 0.1) is 12.1 Å². The summed E-state index contributed by atoms with van der Waals surface area (Å²) in [6.07, 6.45) is 1.30. The van der Waals surface area contributed by atoms with Crippen molar-refractivity contribution in [2.75, 3.05) is 18.0 Å². The molecule has 4 nitrogen and oxygen atoms in total. The quantitative estimate of drug-likeness (QED) is 0.893. The molecule has 0 aliphatic carbocycles. The van der Waals surface area contributed by atoms with E-state index < -0.39 is 0 Å². The summed E-state index contributed by atoms with van der Waals surface area (Å²) in [4.78, 5) is 25.8. The molecule has 0 atom stereocenters. The van der Waals surface area contributed by atoms with Crippen molar-refractivity contribution in [1.82, 2.24) is 5.32 Å². The highest BCUT2D eigenvalue weighted by atomic mass is 16.2. The fourth-order valence-corrected chi connectivity index (χ4v) is 2.81. The van der Waals surface area contributed by atoms with E-state index >= 15 is 0 Å². The van der Waals surface area contributed by atoms with Gasteiger partial charge in [-0.1, -0.05) is 13.8 Å². The lowest BCUT2D eigenvalue weighted by Crippen LogP contribution is -2.27. The first-order valence-electron chi connectivity index (χ1n) is 6.80. The predicted molar refractivity (Wildman–Crippen MR) is 73.4 cm³/mol. The minimum Gasteiger partial charge on any atom is -0.352 e. The molecule has 4 heteroatoms. The number of rotatable bonds is 3. The van der Waals surface area contributed by atoms with Gasteiger partial charge < -0.3 is 10.2 Å². The lowest BCUT2D eigenvalue weighted by atomic mass is 10.0. The lowest BCUT2D eigenvalue weighted by Gasteiger charge is -2.11. The van der Waals surface area contributed by atoms with Crippen LogP contribution in [0, 0.1) is 5.92 Å². The molecular weight excluding hydrogens is 240 g/mol. The molecule has 0 spiro atoms. The molecule has 2 heterocycles. The van der Waals surface area contributed by atoms with Gasteiger partial charge in [0.2, 0.25) is 5.91 Å². The molecule has 0 aromatic heterocycles. The molecule has 1 aromatic rings. The summed E-state index contributed by atoms with van der Waals surface area (Å²) in [5.41, 5.74) is 3.89. The van der Waals surface area contributed by atoms with E-state index in [9.17, 15) is 9.59 Å². The van der Waals surface area contributed by atoms with Crippen molar-refractivity contribution in [2.45, 2.75) is 26.7 Å². The molecule has 0 saturated heterocycles. The zero-order chi connectivity index (χ0) is 13.6. The number of carbonyl (C=O) groups excluding carboxylic acids is 2. The van der Waals surface area contributed by atoms with Gasteiger partial charge >= 0.3 is 0 Å². The summed E-state index contributed by atoms with van der Waals surface area (Å²) >= 11 is 0. The van der Waals surface area contributed by atoms with E-state index in [4.69, 9.17) is 0 Å². The topological polar surface area (TPSA) is 49.4 Å². The van der Waals surface area contributed by atoms with E-state index in [-0.39, 0.29) is 11.8 Å². The van der Waals surface area contributed by atoms with E-state index in [0.717, 1.165) is 29.8 Å². The van der Waals surface area contributed by atoms with Gasteiger partial charge in [-0.2, -0.15) is 0 Å². The first-order chi connectivity index (χ1) is 9.06. The van der Waals surface area contributed by atoms with Crippen LogP contribution >= 0.6 is 0 Å². The molecule has 1 N–H and O–H groups in total. The second-order valence-electron chi connectivity index (χ2n) is 5.72. The van der Waals surface area contributed by atoms with Crippen LogP contribution in [0.3, 0.4) is 0 Å². The van der Waals surface area contributed by atoms with Gasteiger partial charge in [-0.15, -0.1) is 0 Å².